The molecule has 0 aromatic heterocycles. The van der Waals surface area contributed by atoms with Gasteiger partial charge in [-0.25, -0.2) is 4.39 Å². The van der Waals surface area contributed by atoms with Gasteiger partial charge in [-0.15, -0.1) is 0 Å². The molecule has 2 aromatic rings. The standard InChI is InChI=1S/C18H19FN2O4/c1-11-4-9-17(16(10-11)21(23)24)25-13(3)18(22)20-12(2)14-5-7-15(19)8-6-14/h4-10,12-13H,1-3H3,(H,20,22)/t12-,13+/m1/s1. The summed E-state index contributed by atoms with van der Waals surface area (Å²) in [4.78, 5) is 22.8. The van der Waals surface area contributed by atoms with Gasteiger partial charge in [-0.3, -0.25) is 14.9 Å². The SMILES string of the molecule is Cc1ccc(O[C@@H](C)C(=O)N[C@H](C)c2ccc(F)cc2)c([N+](=O)[O-])c1. The summed E-state index contributed by atoms with van der Waals surface area (Å²) in [6.07, 6.45) is -0.927. The van der Waals surface area contributed by atoms with Crippen molar-refractivity contribution in [3.8, 4) is 5.75 Å². The van der Waals surface area contributed by atoms with Crippen LogP contribution in [0.2, 0.25) is 0 Å². The Labute approximate surface area is 144 Å². The predicted octanol–water partition coefficient (Wildman–Crippen LogP) is 3.69. The van der Waals surface area contributed by atoms with Gasteiger partial charge in [0, 0.05) is 6.07 Å². The summed E-state index contributed by atoms with van der Waals surface area (Å²) in [6.45, 7) is 5.00. The topological polar surface area (TPSA) is 81.5 Å². The van der Waals surface area contributed by atoms with Crippen molar-refractivity contribution in [3.05, 3.63) is 69.5 Å². The number of rotatable bonds is 6. The highest BCUT2D eigenvalue weighted by Gasteiger charge is 2.22. The molecule has 0 bridgehead atoms. The lowest BCUT2D eigenvalue weighted by molar-refractivity contribution is -0.386. The molecule has 6 nitrogen and oxygen atoms in total. The monoisotopic (exact) mass is 346 g/mol. The molecule has 2 aromatic carbocycles. The molecule has 0 fully saturated rings. The van der Waals surface area contributed by atoms with Gasteiger partial charge in [0.2, 0.25) is 0 Å². The van der Waals surface area contributed by atoms with Crippen LogP contribution in [0.25, 0.3) is 0 Å². The summed E-state index contributed by atoms with van der Waals surface area (Å²) < 4.78 is 18.4. The van der Waals surface area contributed by atoms with E-state index in [1.54, 1.807) is 32.0 Å². The van der Waals surface area contributed by atoms with E-state index >= 15 is 0 Å². The van der Waals surface area contributed by atoms with Crippen LogP contribution in [-0.4, -0.2) is 16.9 Å². The Balaban J connectivity index is 2.05. The third-order valence-corrected chi connectivity index (χ3v) is 3.71. The maximum Gasteiger partial charge on any atom is 0.311 e. The van der Waals surface area contributed by atoms with Crippen LogP contribution in [0.4, 0.5) is 10.1 Å². The normalized spacial score (nSPS) is 13.0. The van der Waals surface area contributed by atoms with E-state index in [1.807, 2.05) is 0 Å². The van der Waals surface area contributed by atoms with E-state index in [4.69, 9.17) is 4.74 Å². The lowest BCUT2D eigenvalue weighted by Gasteiger charge is -2.19. The third kappa shape index (κ3) is 4.76. The molecular formula is C18H19FN2O4. The highest BCUT2D eigenvalue weighted by molar-refractivity contribution is 5.81. The van der Waals surface area contributed by atoms with E-state index in [0.717, 1.165) is 11.1 Å². The van der Waals surface area contributed by atoms with Crippen LogP contribution < -0.4 is 10.1 Å². The van der Waals surface area contributed by atoms with E-state index in [1.165, 1.54) is 31.2 Å². The van der Waals surface area contributed by atoms with Crippen molar-refractivity contribution >= 4 is 11.6 Å². The van der Waals surface area contributed by atoms with Crippen LogP contribution in [0, 0.1) is 22.9 Å². The molecule has 1 amide bonds. The molecule has 0 saturated heterocycles. The number of carbonyl (C=O) groups is 1. The van der Waals surface area contributed by atoms with Crippen LogP contribution in [0.5, 0.6) is 5.75 Å². The molecule has 0 aliphatic rings. The van der Waals surface area contributed by atoms with Crippen molar-refractivity contribution in [2.45, 2.75) is 32.9 Å². The van der Waals surface area contributed by atoms with Crippen LogP contribution in [0.3, 0.4) is 0 Å². The first kappa shape index (κ1) is 18.4. The van der Waals surface area contributed by atoms with E-state index in [0.29, 0.717) is 0 Å². The van der Waals surface area contributed by atoms with E-state index in [2.05, 4.69) is 5.32 Å². The average Bonchev–Trinajstić information content (AvgIpc) is 2.56. The molecule has 132 valence electrons. The molecule has 0 aliphatic heterocycles. The molecule has 0 aliphatic carbocycles. The first-order valence-electron chi connectivity index (χ1n) is 7.75. The maximum atomic E-state index is 13.0. The Bertz CT molecular complexity index is 777. The van der Waals surface area contributed by atoms with Crippen molar-refractivity contribution in [2.75, 3.05) is 0 Å². The largest absolute Gasteiger partial charge is 0.474 e. The smallest absolute Gasteiger partial charge is 0.311 e. The molecule has 0 saturated carbocycles. The number of nitrogens with zero attached hydrogens (tertiary/aromatic N) is 1. The summed E-state index contributed by atoms with van der Waals surface area (Å²) in [5.74, 6) is -0.745. The van der Waals surface area contributed by atoms with Gasteiger partial charge in [0.05, 0.1) is 11.0 Å². The lowest BCUT2D eigenvalue weighted by Crippen LogP contribution is -2.37. The minimum absolute atomic E-state index is 0.0349. The van der Waals surface area contributed by atoms with Crippen molar-refractivity contribution < 1.29 is 18.8 Å². The minimum Gasteiger partial charge on any atom is -0.474 e. The molecule has 0 heterocycles. The number of hydrogen-bond donors (Lipinski definition) is 1. The van der Waals surface area contributed by atoms with Gasteiger partial charge in [0.15, 0.2) is 11.9 Å². The van der Waals surface area contributed by atoms with Gasteiger partial charge in [-0.2, -0.15) is 0 Å². The van der Waals surface area contributed by atoms with E-state index < -0.39 is 16.9 Å². The quantitative estimate of drug-likeness (QED) is 0.639. The number of hydrogen-bond acceptors (Lipinski definition) is 4. The van der Waals surface area contributed by atoms with Gasteiger partial charge in [-0.05, 0) is 50.1 Å². The summed E-state index contributed by atoms with van der Waals surface area (Å²) in [5, 5.41) is 13.8. The Morgan fingerprint density at radius 1 is 1.20 bits per heavy atom. The summed E-state index contributed by atoms with van der Waals surface area (Å²) in [5.41, 5.74) is 1.27. The van der Waals surface area contributed by atoms with Crippen molar-refractivity contribution in [3.63, 3.8) is 0 Å². The summed E-state index contributed by atoms with van der Waals surface area (Å²) in [7, 11) is 0. The van der Waals surface area contributed by atoms with Crippen LogP contribution in [-0.2, 0) is 4.79 Å². The number of nitro benzene ring substituents is 1. The van der Waals surface area contributed by atoms with Crippen LogP contribution in [0.1, 0.15) is 31.0 Å². The second-order valence-electron chi connectivity index (χ2n) is 5.77. The van der Waals surface area contributed by atoms with Gasteiger partial charge in [0.25, 0.3) is 5.91 Å². The maximum absolute atomic E-state index is 13.0. The Morgan fingerprint density at radius 3 is 2.44 bits per heavy atom. The molecule has 2 rings (SSSR count). The molecule has 7 heteroatoms. The van der Waals surface area contributed by atoms with Crippen molar-refractivity contribution in [2.24, 2.45) is 0 Å². The molecule has 1 N–H and O–H groups in total. The Hall–Kier alpha value is -2.96. The number of aryl methyl sites for hydroxylation is 1. The number of benzene rings is 2. The number of nitro groups is 1. The molecule has 0 unspecified atom stereocenters. The Morgan fingerprint density at radius 2 is 1.84 bits per heavy atom. The highest BCUT2D eigenvalue weighted by Crippen LogP contribution is 2.28. The zero-order valence-corrected chi connectivity index (χ0v) is 14.2. The molecule has 0 spiro atoms. The van der Waals surface area contributed by atoms with Crippen molar-refractivity contribution in [1.82, 2.24) is 5.32 Å². The number of carbonyl (C=O) groups excluding carboxylic acids is 1. The van der Waals surface area contributed by atoms with Gasteiger partial charge >= 0.3 is 5.69 Å². The fourth-order valence-corrected chi connectivity index (χ4v) is 2.28. The first-order valence-corrected chi connectivity index (χ1v) is 7.75. The van der Waals surface area contributed by atoms with Gasteiger partial charge < -0.3 is 10.1 Å². The fourth-order valence-electron chi connectivity index (χ4n) is 2.28. The summed E-state index contributed by atoms with van der Waals surface area (Å²) in [6, 6.07) is 9.97. The van der Waals surface area contributed by atoms with Crippen LogP contribution in [0.15, 0.2) is 42.5 Å². The van der Waals surface area contributed by atoms with Crippen molar-refractivity contribution in [1.29, 1.82) is 0 Å². The van der Waals surface area contributed by atoms with Crippen LogP contribution >= 0.6 is 0 Å². The zero-order chi connectivity index (χ0) is 18.6. The molecular weight excluding hydrogens is 327 g/mol. The number of nitrogens with one attached hydrogen (secondary N) is 1. The van der Waals surface area contributed by atoms with Gasteiger partial charge in [-0.1, -0.05) is 18.2 Å². The summed E-state index contributed by atoms with van der Waals surface area (Å²) >= 11 is 0. The fraction of sp³-hybridized carbons (Fsp3) is 0.278. The average molecular weight is 346 g/mol. The number of halogens is 1. The predicted molar refractivity (Wildman–Crippen MR) is 90.9 cm³/mol. The van der Waals surface area contributed by atoms with Gasteiger partial charge in [0.1, 0.15) is 5.82 Å². The molecule has 0 radical (unpaired) electrons. The third-order valence-electron chi connectivity index (χ3n) is 3.71. The Kier molecular flexibility index (Phi) is 5.69. The lowest BCUT2D eigenvalue weighted by atomic mass is 10.1. The number of ether oxygens (including phenoxy) is 1. The minimum atomic E-state index is -0.927. The molecule has 2 atom stereocenters. The first-order chi connectivity index (χ1) is 11.8. The second-order valence-corrected chi connectivity index (χ2v) is 5.77. The van der Waals surface area contributed by atoms with E-state index in [-0.39, 0.29) is 23.3 Å². The zero-order valence-electron chi connectivity index (χ0n) is 14.2. The highest BCUT2D eigenvalue weighted by atomic mass is 19.1. The molecule has 25 heavy (non-hydrogen) atoms. The van der Waals surface area contributed by atoms with E-state index in [9.17, 15) is 19.3 Å². The number of amides is 1. The second kappa shape index (κ2) is 7.74.